The number of carbonyl (C=O) groups excluding carboxylic acids is 2. The van der Waals surface area contributed by atoms with Crippen LogP contribution < -0.4 is 11.1 Å². The van der Waals surface area contributed by atoms with Gasteiger partial charge in [0.1, 0.15) is 5.56 Å². The number of nitrogen functional groups attached to an aromatic ring is 1. The first kappa shape index (κ1) is 23.9. The van der Waals surface area contributed by atoms with Gasteiger partial charge in [-0.05, 0) is 76.1 Å². The number of nitrogens with one attached hydrogen (secondary N) is 1. The first-order valence-corrected chi connectivity index (χ1v) is 14.3. The maximum atomic E-state index is 13.5. The molecule has 10 nitrogen and oxygen atoms in total. The van der Waals surface area contributed by atoms with Crippen molar-refractivity contribution in [2.24, 2.45) is 5.92 Å². The lowest BCUT2D eigenvalue weighted by Gasteiger charge is -2.24. The van der Waals surface area contributed by atoms with Crippen LogP contribution in [0.15, 0.2) is 29.3 Å². The van der Waals surface area contributed by atoms with Crippen molar-refractivity contribution in [1.29, 1.82) is 0 Å². The number of aromatic nitrogens is 3. The number of amides is 2. The van der Waals surface area contributed by atoms with E-state index in [1.54, 1.807) is 37.1 Å². The molecule has 3 heterocycles. The van der Waals surface area contributed by atoms with Gasteiger partial charge in [-0.3, -0.25) is 9.59 Å². The predicted molar refractivity (Wildman–Crippen MR) is 138 cm³/mol. The molecular formula is C26H30N6O4S. The minimum absolute atomic E-state index is 0.0342. The third-order valence-corrected chi connectivity index (χ3v) is 9.85. The smallest absolute Gasteiger partial charge is 0.259 e. The quantitative estimate of drug-likeness (QED) is 0.486. The molecule has 2 fully saturated rings. The van der Waals surface area contributed by atoms with Gasteiger partial charge in [0.15, 0.2) is 21.3 Å². The van der Waals surface area contributed by atoms with Crippen molar-refractivity contribution in [2.45, 2.75) is 75.2 Å². The fourth-order valence-electron chi connectivity index (χ4n) is 5.04. The van der Waals surface area contributed by atoms with Crippen LogP contribution in [-0.2, 0) is 16.4 Å². The van der Waals surface area contributed by atoms with Crippen LogP contribution in [0.4, 0.5) is 5.82 Å². The van der Waals surface area contributed by atoms with Gasteiger partial charge in [-0.25, -0.2) is 17.9 Å². The molecule has 0 unspecified atom stereocenters. The van der Waals surface area contributed by atoms with Gasteiger partial charge in [0.2, 0.25) is 0 Å². The van der Waals surface area contributed by atoms with E-state index in [9.17, 15) is 18.0 Å². The van der Waals surface area contributed by atoms with Crippen molar-refractivity contribution in [2.75, 3.05) is 5.73 Å². The lowest BCUT2D eigenvalue weighted by Crippen LogP contribution is -2.35. The number of nitrogens with zero attached hydrogens (tertiary/aromatic N) is 4. The summed E-state index contributed by atoms with van der Waals surface area (Å²) >= 11 is 0. The summed E-state index contributed by atoms with van der Waals surface area (Å²) in [6, 6.07) is 5.28. The van der Waals surface area contributed by atoms with Crippen LogP contribution in [0, 0.1) is 5.92 Å². The second-order valence-electron chi connectivity index (χ2n) is 10.7. The SMILES string of the molecule is CC(C)S(=O)(=O)c1cc(-c2ccn3nc(N)c(C(=O)NC4CC4)c3n2)cc2c1C(=O)N([C@@H](C)C1CC1)C2. The van der Waals surface area contributed by atoms with Gasteiger partial charge < -0.3 is 16.0 Å². The Hall–Kier alpha value is -3.47. The molecule has 3 aliphatic rings. The first-order chi connectivity index (χ1) is 17.6. The Bertz CT molecular complexity index is 1570. The van der Waals surface area contributed by atoms with Gasteiger partial charge in [-0.2, -0.15) is 0 Å². The number of fused-ring (bicyclic) bond motifs is 2. The highest BCUT2D eigenvalue weighted by Gasteiger charge is 2.42. The second kappa shape index (κ2) is 8.27. The zero-order valence-electron chi connectivity index (χ0n) is 21.1. The van der Waals surface area contributed by atoms with E-state index in [2.05, 4.69) is 15.4 Å². The van der Waals surface area contributed by atoms with E-state index in [0.717, 1.165) is 25.7 Å². The van der Waals surface area contributed by atoms with Crippen molar-refractivity contribution in [1.82, 2.24) is 24.8 Å². The van der Waals surface area contributed by atoms with Crippen LogP contribution >= 0.6 is 0 Å². The Kier molecular flexibility index (Phi) is 5.34. The Labute approximate surface area is 215 Å². The van der Waals surface area contributed by atoms with E-state index >= 15 is 0 Å². The van der Waals surface area contributed by atoms with Crippen molar-refractivity contribution >= 4 is 33.1 Å². The van der Waals surface area contributed by atoms with Gasteiger partial charge in [-0.1, -0.05) is 0 Å². The molecule has 2 amide bonds. The van der Waals surface area contributed by atoms with Crippen molar-refractivity contribution in [3.05, 3.63) is 41.1 Å². The summed E-state index contributed by atoms with van der Waals surface area (Å²) in [7, 11) is -3.76. The number of rotatable bonds is 7. The normalized spacial score (nSPS) is 18.5. The van der Waals surface area contributed by atoms with Gasteiger partial charge in [-0.15, -0.1) is 5.10 Å². The summed E-state index contributed by atoms with van der Waals surface area (Å²) in [4.78, 5) is 32.8. The summed E-state index contributed by atoms with van der Waals surface area (Å²) in [5.74, 6) is -0.0206. The molecule has 1 aromatic carbocycles. The molecule has 3 aromatic rings. The van der Waals surface area contributed by atoms with Crippen molar-refractivity contribution in [3.63, 3.8) is 0 Å². The lowest BCUT2D eigenvalue weighted by atomic mass is 10.0. The Morgan fingerprint density at radius 1 is 1.16 bits per heavy atom. The van der Waals surface area contributed by atoms with Crippen LogP contribution in [0.2, 0.25) is 0 Å². The number of hydrogen-bond donors (Lipinski definition) is 2. The minimum atomic E-state index is -3.76. The predicted octanol–water partition coefficient (Wildman–Crippen LogP) is 2.81. The van der Waals surface area contributed by atoms with E-state index in [1.807, 2.05) is 13.0 Å². The van der Waals surface area contributed by atoms with Gasteiger partial charge in [0, 0.05) is 30.4 Å². The third-order valence-electron chi connectivity index (χ3n) is 7.67. The molecule has 0 spiro atoms. The standard InChI is InChI=1S/C26H30N6O4S/c1-13(2)37(35,36)20-11-16(10-17-12-31(26(34)21(17)20)14(3)15-4-5-15)19-8-9-32-24(29-19)22(23(27)30-32)25(33)28-18-6-7-18/h8-11,13-15,18H,4-7,12H2,1-3H3,(H2,27,30)(H,28,33)/t14-/m0/s1. The average molecular weight is 523 g/mol. The molecule has 2 aromatic heterocycles. The van der Waals surface area contributed by atoms with E-state index in [0.29, 0.717) is 34.9 Å². The summed E-state index contributed by atoms with van der Waals surface area (Å²) in [5.41, 5.74) is 8.52. The molecule has 0 saturated heterocycles. The maximum absolute atomic E-state index is 13.5. The van der Waals surface area contributed by atoms with Crippen LogP contribution in [-0.4, -0.2) is 57.1 Å². The lowest BCUT2D eigenvalue weighted by molar-refractivity contribution is 0.0694. The zero-order valence-corrected chi connectivity index (χ0v) is 21.9. The molecule has 2 saturated carbocycles. The van der Waals surface area contributed by atoms with Crippen LogP contribution in [0.1, 0.15) is 72.7 Å². The van der Waals surface area contributed by atoms with Gasteiger partial charge in [0.05, 0.1) is 21.4 Å². The number of sulfone groups is 1. The summed E-state index contributed by atoms with van der Waals surface area (Å²) in [6.07, 6.45) is 5.68. The molecular weight excluding hydrogens is 492 g/mol. The number of benzene rings is 1. The van der Waals surface area contributed by atoms with Crippen LogP contribution in [0.5, 0.6) is 0 Å². The number of carbonyl (C=O) groups is 2. The molecule has 2 aliphatic carbocycles. The molecule has 11 heteroatoms. The summed E-state index contributed by atoms with van der Waals surface area (Å²) in [6.45, 7) is 5.62. The highest BCUT2D eigenvalue weighted by Crippen LogP contribution is 2.41. The first-order valence-electron chi connectivity index (χ1n) is 12.7. The average Bonchev–Trinajstić information content (AvgIpc) is 3.78. The highest BCUT2D eigenvalue weighted by molar-refractivity contribution is 7.92. The van der Waals surface area contributed by atoms with E-state index in [4.69, 9.17) is 5.73 Å². The number of nitrogens with two attached hydrogens (primary N) is 1. The molecule has 0 radical (unpaired) electrons. The fraction of sp³-hybridized carbons (Fsp3) is 0.462. The Balaban J connectivity index is 1.48. The van der Waals surface area contributed by atoms with Crippen LogP contribution in [0.25, 0.3) is 16.9 Å². The monoisotopic (exact) mass is 522 g/mol. The summed E-state index contributed by atoms with van der Waals surface area (Å²) in [5, 5.41) is 6.45. The Morgan fingerprint density at radius 3 is 2.54 bits per heavy atom. The van der Waals surface area contributed by atoms with Crippen LogP contribution in [0.3, 0.4) is 0 Å². The van der Waals surface area contributed by atoms with E-state index in [-0.39, 0.29) is 45.7 Å². The molecule has 3 N–H and O–H groups in total. The third kappa shape index (κ3) is 3.96. The van der Waals surface area contributed by atoms with Crippen molar-refractivity contribution in [3.8, 4) is 11.3 Å². The topological polar surface area (TPSA) is 140 Å². The maximum Gasteiger partial charge on any atom is 0.259 e. The fourth-order valence-corrected chi connectivity index (χ4v) is 6.34. The van der Waals surface area contributed by atoms with Crippen molar-refractivity contribution < 1.29 is 18.0 Å². The molecule has 37 heavy (non-hydrogen) atoms. The largest absolute Gasteiger partial charge is 0.381 e. The molecule has 1 aliphatic heterocycles. The summed E-state index contributed by atoms with van der Waals surface area (Å²) < 4.78 is 28.3. The van der Waals surface area contributed by atoms with Gasteiger partial charge >= 0.3 is 0 Å². The highest BCUT2D eigenvalue weighted by atomic mass is 32.2. The molecule has 6 rings (SSSR count). The molecule has 194 valence electrons. The molecule has 1 atom stereocenters. The second-order valence-corrected chi connectivity index (χ2v) is 13.2. The molecule has 0 bridgehead atoms. The zero-order chi connectivity index (χ0) is 26.2. The number of hydrogen-bond acceptors (Lipinski definition) is 7. The Morgan fingerprint density at radius 2 is 1.89 bits per heavy atom. The minimum Gasteiger partial charge on any atom is -0.381 e. The van der Waals surface area contributed by atoms with E-state index < -0.39 is 15.1 Å². The van der Waals surface area contributed by atoms with Gasteiger partial charge in [0.25, 0.3) is 11.8 Å². The number of anilines is 1. The van der Waals surface area contributed by atoms with E-state index in [1.165, 1.54) is 4.52 Å².